The Morgan fingerprint density at radius 2 is 1.89 bits per heavy atom. The van der Waals surface area contributed by atoms with Crippen molar-refractivity contribution in [2.45, 2.75) is 13.5 Å². The molecule has 1 aliphatic rings. The van der Waals surface area contributed by atoms with Gasteiger partial charge in [0.2, 0.25) is 0 Å². The summed E-state index contributed by atoms with van der Waals surface area (Å²) in [5.41, 5.74) is 2.12. The van der Waals surface area contributed by atoms with Crippen molar-refractivity contribution >= 4 is 47.4 Å². The number of thiazole rings is 1. The Labute approximate surface area is 186 Å². The fourth-order valence-corrected chi connectivity index (χ4v) is 3.74. The highest BCUT2D eigenvalue weighted by Gasteiger charge is 2.23. The topological polar surface area (TPSA) is 70.1 Å². The zero-order valence-electron chi connectivity index (χ0n) is 16.1. The van der Waals surface area contributed by atoms with Crippen LogP contribution in [0.25, 0.3) is 10.6 Å². The molecule has 1 aliphatic heterocycles. The molecule has 2 aromatic rings. The maximum atomic E-state index is 11.8. The van der Waals surface area contributed by atoms with Gasteiger partial charge in [-0.25, -0.2) is 9.78 Å². The highest BCUT2D eigenvalue weighted by molar-refractivity contribution is 14.0. The lowest BCUT2D eigenvalue weighted by atomic mass is 10.2. The van der Waals surface area contributed by atoms with Crippen molar-refractivity contribution in [1.82, 2.24) is 20.1 Å². The second-order valence-corrected chi connectivity index (χ2v) is 6.94. The van der Waals surface area contributed by atoms with Gasteiger partial charge in [-0.1, -0.05) is 30.3 Å². The highest BCUT2D eigenvalue weighted by atomic mass is 127. The maximum absolute atomic E-state index is 11.8. The summed E-state index contributed by atoms with van der Waals surface area (Å²) < 4.78 is 5.06. The predicted octanol–water partition coefficient (Wildman–Crippen LogP) is 3.28. The van der Waals surface area contributed by atoms with E-state index in [0.29, 0.717) is 26.2 Å². The smallest absolute Gasteiger partial charge is 0.409 e. The Hall–Kier alpha value is -1.88. The molecule has 1 aromatic carbocycles. The van der Waals surface area contributed by atoms with Crippen molar-refractivity contribution in [1.29, 1.82) is 0 Å². The number of halogens is 1. The van der Waals surface area contributed by atoms with Gasteiger partial charge in [0.1, 0.15) is 5.01 Å². The molecule has 7 nitrogen and oxygen atoms in total. The number of piperazine rings is 1. The predicted molar refractivity (Wildman–Crippen MR) is 123 cm³/mol. The summed E-state index contributed by atoms with van der Waals surface area (Å²) in [6.45, 7) is 5.56. The summed E-state index contributed by atoms with van der Waals surface area (Å²) in [5.74, 6) is 0.827. The zero-order chi connectivity index (χ0) is 19.1. The van der Waals surface area contributed by atoms with Crippen LogP contribution in [-0.2, 0) is 11.3 Å². The van der Waals surface area contributed by atoms with Crippen molar-refractivity contribution in [3.63, 3.8) is 0 Å². The van der Waals surface area contributed by atoms with Crippen LogP contribution in [0.4, 0.5) is 4.79 Å². The molecule has 0 radical (unpaired) electrons. The van der Waals surface area contributed by atoms with E-state index in [0.717, 1.165) is 35.3 Å². The fraction of sp³-hybridized carbons (Fsp3) is 0.421. The van der Waals surface area contributed by atoms with E-state index >= 15 is 0 Å². The molecule has 2 heterocycles. The number of rotatable bonds is 4. The average molecular weight is 515 g/mol. The number of guanidine groups is 1. The lowest BCUT2D eigenvalue weighted by Gasteiger charge is -2.35. The first-order valence-corrected chi connectivity index (χ1v) is 9.96. The van der Waals surface area contributed by atoms with Crippen LogP contribution in [0.2, 0.25) is 0 Å². The fourth-order valence-electron chi connectivity index (χ4n) is 2.92. The molecule has 152 valence electrons. The molecule has 0 unspecified atom stereocenters. The van der Waals surface area contributed by atoms with Gasteiger partial charge in [-0.3, -0.25) is 4.99 Å². The molecule has 0 atom stereocenters. The Kier molecular flexibility index (Phi) is 8.97. The molecule has 3 rings (SSSR count). The Balaban J connectivity index is 0.00000280. The van der Waals surface area contributed by atoms with E-state index in [1.807, 2.05) is 25.1 Å². The van der Waals surface area contributed by atoms with Crippen LogP contribution in [-0.4, -0.2) is 66.7 Å². The monoisotopic (exact) mass is 515 g/mol. The zero-order valence-corrected chi connectivity index (χ0v) is 19.3. The van der Waals surface area contributed by atoms with Crippen LogP contribution in [0.15, 0.2) is 40.7 Å². The summed E-state index contributed by atoms with van der Waals surface area (Å²) in [4.78, 5) is 24.8. The molecule has 1 amide bonds. The molecule has 1 saturated heterocycles. The number of nitrogens with one attached hydrogen (secondary N) is 1. The number of aliphatic imine (C=N–C) groups is 1. The number of hydrogen-bond acceptors (Lipinski definition) is 5. The molecule has 28 heavy (non-hydrogen) atoms. The minimum absolute atomic E-state index is 0. The number of ether oxygens (including phenoxy) is 1. The van der Waals surface area contributed by atoms with Crippen LogP contribution >= 0.6 is 35.3 Å². The van der Waals surface area contributed by atoms with Gasteiger partial charge in [0, 0.05) is 44.2 Å². The van der Waals surface area contributed by atoms with Crippen LogP contribution in [0.3, 0.4) is 0 Å². The number of nitrogens with zero attached hydrogens (tertiary/aromatic N) is 4. The summed E-state index contributed by atoms with van der Waals surface area (Å²) in [5, 5.41) is 6.46. The molecule has 1 aromatic heterocycles. The molecule has 9 heteroatoms. The Morgan fingerprint density at radius 1 is 1.21 bits per heavy atom. The van der Waals surface area contributed by atoms with Gasteiger partial charge in [0.15, 0.2) is 5.96 Å². The van der Waals surface area contributed by atoms with Gasteiger partial charge >= 0.3 is 6.09 Å². The second-order valence-electron chi connectivity index (χ2n) is 6.08. The van der Waals surface area contributed by atoms with E-state index in [9.17, 15) is 4.79 Å². The van der Waals surface area contributed by atoms with E-state index in [4.69, 9.17) is 9.72 Å². The molecule has 0 aliphatic carbocycles. The van der Waals surface area contributed by atoms with E-state index < -0.39 is 0 Å². The molecule has 0 bridgehead atoms. The minimum Gasteiger partial charge on any atom is -0.450 e. The van der Waals surface area contributed by atoms with Gasteiger partial charge in [-0.15, -0.1) is 35.3 Å². The van der Waals surface area contributed by atoms with Gasteiger partial charge in [-0.2, -0.15) is 0 Å². The minimum atomic E-state index is -0.240. The Morgan fingerprint density at radius 3 is 2.54 bits per heavy atom. The lowest BCUT2D eigenvalue weighted by molar-refractivity contribution is 0.0914. The first-order chi connectivity index (χ1) is 13.2. The van der Waals surface area contributed by atoms with Crippen LogP contribution in [0, 0.1) is 0 Å². The third kappa shape index (κ3) is 5.81. The summed E-state index contributed by atoms with van der Waals surface area (Å²) in [7, 11) is 1.77. The van der Waals surface area contributed by atoms with Crippen molar-refractivity contribution in [3.8, 4) is 10.6 Å². The van der Waals surface area contributed by atoms with Crippen molar-refractivity contribution in [2.24, 2.45) is 4.99 Å². The number of benzene rings is 1. The van der Waals surface area contributed by atoms with Gasteiger partial charge < -0.3 is 19.9 Å². The van der Waals surface area contributed by atoms with Crippen LogP contribution in [0.5, 0.6) is 0 Å². The first kappa shape index (κ1) is 22.4. The third-order valence-electron chi connectivity index (χ3n) is 4.32. The third-order valence-corrected chi connectivity index (χ3v) is 5.26. The van der Waals surface area contributed by atoms with E-state index in [-0.39, 0.29) is 30.1 Å². The van der Waals surface area contributed by atoms with Crippen molar-refractivity contribution in [3.05, 3.63) is 41.4 Å². The van der Waals surface area contributed by atoms with Crippen molar-refractivity contribution in [2.75, 3.05) is 39.8 Å². The molecular weight excluding hydrogens is 489 g/mol. The highest BCUT2D eigenvalue weighted by Crippen LogP contribution is 2.23. The summed E-state index contributed by atoms with van der Waals surface area (Å²) in [6.07, 6.45) is -0.240. The molecule has 1 fully saturated rings. The van der Waals surface area contributed by atoms with Gasteiger partial charge in [0.05, 0.1) is 18.8 Å². The largest absolute Gasteiger partial charge is 0.450 e. The summed E-state index contributed by atoms with van der Waals surface area (Å²) in [6, 6.07) is 10.2. The standard InChI is InChI=1S/C19H25N5O2S.HI/c1-3-26-19(25)24-11-9-23(10-12-24)18(20-2)21-13-16-14-27-17(22-16)15-7-5-4-6-8-15;/h4-8,14H,3,9-13H2,1-2H3,(H,20,21);1H. The molecular formula is C19H26IN5O2S. The quantitative estimate of drug-likeness (QED) is 0.385. The van der Waals surface area contributed by atoms with Gasteiger partial charge in [0.25, 0.3) is 0 Å². The van der Waals surface area contributed by atoms with Crippen LogP contribution in [0.1, 0.15) is 12.6 Å². The number of amides is 1. The Bertz CT molecular complexity index is 776. The van der Waals surface area contributed by atoms with Crippen LogP contribution < -0.4 is 5.32 Å². The van der Waals surface area contributed by atoms with Crippen molar-refractivity contribution < 1.29 is 9.53 Å². The normalized spacial score (nSPS) is 14.4. The lowest BCUT2D eigenvalue weighted by Crippen LogP contribution is -2.53. The molecule has 1 N–H and O–H groups in total. The number of carbonyl (C=O) groups excluding carboxylic acids is 1. The van der Waals surface area contributed by atoms with E-state index in [2.05, 4.69) is 32.7 Å². The molecule has 0 saturated carbocycles. The number of carbonyl (C=O) groups is 1. The second kappa shape index (κ2) is 11.2. The average Bonchev–Trinajstić information content (AvgIpc) is 3.19. The number of hydrogen-bond donors (Lipinski definition) is 1. The summed E-state index contributed by atoms with van der Waals surface area (Å²) >= 11 is 1.64. The maximum Gasteiger partial charge on any atom is 0.409 e. The van der Waals surface area contributed by atoms with Gasteiger partial charge in [-0.05, 0) is 6.92 Å². The number of aromatic nitrogens is 1. The van der Waals surface area contributed by atoms with E-state index in [1.165, 1.54) is 0 Å². The SMILES string of the molecule is CCOC(=O)N1CCN(C(=NC)NCc2csc(-c3ccccc3)n2)CC1.I. The van der Waals surface area contributed by atoms with E-state index in [1.54, 1.807) is 23.3 Å². The molecule has 0 spiro atoms. The first-order valence-electron chi connectivity index (χ1n) is 9.08.